The first-order valence-corrected chi connectivity index (χ1v) is 12.4. The molecular formula is C25H31N5O9. The molecule has 39 heavy (non-hydrogen) atoms. The average molecular weight is 546 g/mol. The van der Waals surface area contributed by atoms with Crippen LogP contribution in [0.2, 0.25) is 0 Å². The van der Waals surface area contributed by atoms with Crippen LogP contribution in [-0.2, 0) is 35.2 Å². The van der Waals surface area contributed by atoms with Crippen LogP contribution in [0.15, 0.2) is 30.5 Å². The van der Waals surface area contributed by atoms with Gasteiger partial charge in [-0.3, -0.25) is 24.0 Å². The van der Waals surface area contributed by atoms with Gasteiger partial charge < -0.3 is 41.6 Å². The van der Waals surface area contributed by atoms with Crippen LogP contribution < -0.4 is 16.4 Å². The number of nitrogens with one attached hydrogen (secondary N) is 3. The third-order valence-electron chi connectivity index (χ3n) is 6.55. The van der Waals surface area contributed by atoms with Crippen molar-refractivity contribution in [2.45, 2.75) is 62.7 Å². The zero-order valence-corrected chi connectivity index (χ0v) is 21.0. The van der Waals surface area contributed by atoms with Gasteiger partial charge >= 0.3 is 17.9 Å². The number of nitrogens with two attached hydrogens (primary N) is 1. The highest BCUT2D eigenvalue weighted by Gasteiger charge is 2.39. The summed E-state index contributed by atoms with van der Waals surface area (Å²) in [5.41, 5.74) is 7.22. The fraction of sp³-hybridized carbons (Fsp3) is 0.440. The van der Waals surface area contributed by atoms with Gasteiger partial charge in [0.05, 0.1) is 12.5 Å². The summed E-state index contributed by atoms with van der Waals surface area (Å²) in [5.74, 6) is -6.32. The van der Waals surface area contributed by atoms with Crippen LogP contribution in [0.1, 0.15) is 37.7 Å². The van der Waals surface area contributed by atoms with Crippen molar-refractivity contribution in [1.82, 2.24) is 20.5 Å². The van der Waals surface area contributed by atoms with Gasteiger partial charge in [-0.25, -0.2) is 4.79 Å². The fourth-order valence-electron chi connectivity index (χ4n) is 4.55. The average Bonchev–Trinajstić information content (AvgIpc) is 3.53. The molecule has 2 heterocycles. The summed E-state index contributed by atoms with van der Waals surface area (Å²) >= 11 is 0. The summed E-state index contributed by atoms with van der Waals surface area (Å²) in [6.45, 7) is 0.0930. The first-order valence-electron chi connectivity index (χ1n) is 12.4. The highest BCUT2D eigenvalue weighted by Crippen LogP contribution is 2.21. The molecule has 0 saturated carbocycles. The predicted octanol–water partition coefficient (Wildman–Crippen LogP) is -0.578. The molecule has 8 N–H and O–H groups in total. The van der Waals surface area contributed by atoms with Crippen LogP contribution in [0.25, 0.3) is 10.9 Å². The normalized spacial score (nSPS) is 17.3. The zero-order valence-electron chi connectivity index (χ0n) is 21.0. The summed E-state index contributed by atoms with van der Waals surface area (Å²) < 4.78 is 0. The summed E-state index contributed by atoms with van der Waals surface area (Å²) in [6, 6.07) is 1.92. The van der Waals surface area contributed by atoms with Crippen LogP contribution in [0.4, 0.5) is 0 Å². The van der Waals surface area contributed by atoms with Gasteiger partial charge in [-0.15, -0.1) is 0 Å². The van der Waals surface area contributed by atoms with Crippen LogP contribution in [0.3, 0.4) is 0 Å². The molecule has 1 aliphatic rings. The molecular weight excluding hydrogens is 514 g/mol. The molecule has 3 amide bonds. The van der Waals surface area contributed by atoms with Crippen molar-refractivity contribution in [3.05, 3.63) is 36.0 Å². The first-order chi connectivity index (χ1) is 18.5. The Morgan fingerprint density at radius 2 is 1.69 bits per heavy atom. The van der Waals surface area contributed by atoms with E-state index in [-0.39, 0.29) is 32.2 Å². The number of amides is 3. The topological polar surface area (TPSA) is 232 Å². The Morgan fingerprint density at radius 3 is 2.36 bits per heavy atom. The van der Waals surface area contributed by atoms with Crippen molar-refractivity contribution in [3.8, 4) is 0 Å². The standard InChI is InChI=1S/C25H31N5O9/c26-15(7-8-20(31)32)22(35)28-17(10-13-12-27-16-5-2-1-4-14(13)16)23(36)29-18(11-21(33)34)24(37)30-9-3-6-19(30)25(38)39/h1-2,4-5,12,15,17-19,27H,3,6-11,26H2,(H,28,35)(H,29,36)(H,31,32)(H,33,34)(H,38,39). The van der Waals surface area contributed by atoms with E-state index in [1.54, 1.807) is 24.4 Å². The Bertz CT molecular complexity index is 1260. The zero-order chi connectivity index (χ0) is 28.7. The van der Waals surface area contributed by atoms with Crippen molar-refractivity contribution in [2.24, 2.45) is 5.73 Å². The maximum absolute atomic E-state index is 13.4. The van der Waals surface area contributed by atoms with E-state index in [9.17, 15) is 39.0 Å². The van der Waals surface area contributed by atoms with Crippen molar-refractivity contribution >= 4 is 46.5 Å². The third-order valence-corrected chi connectivity index (χ3v) is 6.55. The molecule has 4 unspecified atom stereocenters. The maximum atomic E-state index is 13.4. The number of carbonyl (C=O) groups excluding carboxylic acids is 3. The molecule has 1 fully saturated rings. The number of H-pyrrole nitrogens is 1. The molecule has 210 valence electrons. The van der Waals surface area contributed by atoms with Crippen molar-refractivity contribution in [2.75, 3.05) is 6.54 Å². The lowest BCUT2D eigenvalue weighted by Crippen LogP contribution is -2.58. The summed E-state index contributed by atoms with van der Waals surface area (Å²) in [4.78, 5) is 77.3. The maximum Gasteiger partial charge on any atom is 0.326 e. The Morgan fingerprint density at radius 1 is 1.00 bits per heavy atom. The molecule has 4 atom stereocenters. The minimum absolute atomic E-state index is 0.0668. The van der Waals surface area contributed by atoms with E-state index in [2.05, 4.69) is 15.6 Å². The Labute approximate surface area is 222 Å². The second kappa shape index (κ2) is 12.9. The van der Waals surface area contributed by atoms with E-state index < -0.39 is 66.2 Å². The molecule has 0 aliphatic carbocycles. The third kappa shape index (κ3) is 7.54. The fourth-order valence-corrected chi connectivity index (χ4v) is 4.55. The predicted molar refractivity (Wildman–Crippen MR) is 135 cm³/mol. The number of rotatable bonds is 13. The van der Waals surface area contributed by atoms with E-state index >= 15 is 0 Å². The number of aliphatic carboxylic acids is 3. The van der Waals surface area contributed by atoms with Gasteiger partial charge in [-0.2, -0.15) is 0 Å². The molecule has 14 nitrogen and oxygen atoms in total. The Hall–Kier alpha value is -4.46. The second-order valence-electron chi connectivity index (χ2n) is 9.35. The molecule has 0 radical (unpaired) electrons. The lowest BCUT2D eigenvalue weighted by atomic mass is 10.0. The number of hydrogen-bond acceptors (Lipinski definition) is 7. The second-order valence-corrected chi connectivity index (χ2v) is 9.35. The lowest BCUT2D eigenvalue weighted by Gasteiger charge is -2.28. The highest BCUT2D eigenvalue weighted by atomic mass is 16.4. The number of carbonyl (C=O) groups is 6. The number of benzene rings is 1. The quantitative estimate of drug-likeness (QED) is 0.169. The first kappa shape index (κ1) is 29.1. The van der Waals surface area contributed by atoms with Crippen LogP contribution in [0, 0.1) is 0 Å². The van der Waals surface area contributed by atoms with Crippen molar-refractivity contribution in [3.63, 3.8) is 0 Å². The van der Waals surface area contributed by atoms with E-state index in [1.165, 1.54) is 0 Å². The van der Waals surface area contributed by atoms with Gasteiger partial charge in [0.25, 0.3) is 0 Å². The molecule has 14 heteroatoms. The number of hydrogen-bond donors (Lipinski definition) is 7. The molecule has 1 aromatic carbocycles. The van der Waals surface area contributed by atoms with Crippen molar-refractivity contribution in [1.29, 1.82) is 0 Å². The van der Waals surface area contributed by atoms with E-state index in [0.717, 1.165) is 15.8 Å². The van der Waals surface area contributed by atoms with Crippen LogP contribution in [-0.4, -0.2) is 91.5 Å². The molecule has 0 spiro atoms. The number of carboxylic acids is 3. The summed E-state index contributed by atoms with van der Waals surface area (Å²) in [7, 11) is 0. The Balaban J connectivity index is 1.84. The molecule has 3 rings (SSSR count). The van der Waals surface area contributed by atoms with E-state index in [1.807, 2.05) is 6.07 Å². The molecule has 1 aromatic heterocycles. The number of fused-ring (bicyclic) bond motifs is 1. The van der Waals surface area contributed by atoms with E-state index in [4.69, 9.17) is 10.8 Å². The molecule has 2 aromatic rings. The molecule has 1 saturated heterocycles. The highest BCUT2D eigenvalue weighted by molar-refractivity contribution is 5.96. The minimum Gasteiger partial charge on any atom is -0.481 e. The monoisotopic (exact) mass is 545 g/mol. The van der Waals surface area contributed by atoms with Gasteiger partial charge in [-0.1, -0.05) is 18.2 Å². The molecule has 1 aliphatic heterocycles. The number of para-hydroxylation sites is 1. The largest absolute Gasteiger partial charge is 0.481 e. The number of carboxylic acid groups (broad SMARTS) is 3. The minimum atomic E-state index is -1.59. The van der Waals surface area contributed by atoms with Crippen molar-refractivity contribution < 1.29 is 44.1 Å². The van der Waals surface area contributed by atoms with Crippen LogP contribution >= 0.6 is 0 Å². The SMILES string of the molecule is NC(CCC(=O)O)C(=O)NC(Cc1c[nH]c2ccccc12)C(=O)NC(CC(=O)O)C(=O)N1CCCC1C(=O)O. The van der Waals surface area contributed by atoms with Gasteiger partial charge in [0.15, 0.2) is 0 Å². The molecule has 0 bridgehead atoms. The number of aromatic nitrogens is 1. The smallest absolute Gasteiger partial charge is 0.326 e. The lowest BCUT2D eigenvalue weighted by molar-refractivity contribution is -0.150. The van der Waals surface area contributed by atoms with E-state index in [0.29, 0.717) is 12.0 Å². The van der Waals surface area contributed by atoms with Gasteiger partial charge in [-0.05, 0) is 30.9 Å². The number of aromatic amines is 1. The number of nitrogens with zero attached hydrogens (tertiary/aromatic N) is 1. The summed E-state index contributed by atoms with van der Waals surface area (Å²) in [5, 5.41) is 33.3. The van der Waals surface area contributed by atoms with Gasteiger partial charge in [0.2, 0.25) is 17.7 Å². The van der Waals surface area contributed by atoms with Gasteiger partial charge in [0.1, 0.15) is 18.1 Å². The summed E-state index contributed by atoms with van der Waals surface area (Å²) in [6.07, 6.45) is 0.815. The van der Waals surface area contributed by atoms with Crippen LogP contribution in [0.5, 0.6) is 0 Å². The Kier molecular flexibility index (Phi) is 9.60. The number of likely N-dealkylation sites (tertiary alicyclic amines) is 1. The van der Waals surface area contributed by atoms with Gasteiger partial charge in [0, 0.05) is 36.5 Å².